The number of nitro groups is 1. The molecule has 0 aromatic carbocycles. The lowest BCUT2D eigenvalue weighted by atomic mass is 10.2. The Morgan fingerprint density at radius 2 is 2.43 bits per heavy atom. The lowest BCUT2D eigenvalue weighted by Gasteiger charge is -2.21. The molecule has 1 aliphatic rings. The van der Waals surface area contributed by atoms with Crippen molar-refractivity contribution in [3.63, 3.8) is 0 Å². The summed E-state index contributed by atoms with van der Waals surface area (Å²) in [5.74, 6) is 0.262. The van der Waals surface area contributed by atoms with Crippen molar-refractivity contribution in [2.45, 2.75) is 6.10 Å². The van der Waals surface area contributed by atoms with Crippen molar-refractivity contribution < 1.29 is 14.1 Å². The molecule has 0 aliphatic carbocycles. The summed E-state index contributed by atoms with van der Waals surface area (Å²) in [4.78, 5) is 9.80. The first-order valence-electron chi connectivity index (χ1n) is 4.34. The van der Waals surface area contributed by atoms with E-state index in [0.29, 0.717) is 18.9 Å². The first-order chi connectivity index (χ1) is 6.77. The highest BCUT2D eigenvalue weighted by Gasteiger charge is 2.22. The average molecular weight is 198 g/mol. The molecule has 1 aromatic rings. The van der Waals surface area contributed by atoms with Crippen molar-refractivity contribution in [2.24, 2.45) is 0 Å². The molecule has 2 heterocycles. The van der Waals surface area contributed by atoms with Gasteiger partial charge in [-0.25, -0.2) is 0 Å². The number of ether oxygens (including phenoxy) is 1. The molecule has 0 amide bonds. The van der Waals surface area contributed by atoms with Crippen LogP contribution in [0.4, 0.5) is 5.88 Å². The van der Waals surface area contributed by atoms with Gasteiger partial charge in [0.1, 0.15) is 16.8 Å². The van der Waals surface area contributed by atoms with Crippen LogP contribution in [0, 0.1) is 10.1 Å². The van der Waals surface area contributed by atoms with Crippen LogP contribution >= 0.6 is 0 Å². The van der Waals surface area contributed by atoms with E-state index in [1.165, 1.54) is 6.07 Å². The van der Waals surface area contributed by atoms with Crippen LogP contribution < -0.4 is 5.32 Å². The summed E-state index contributed by atoms with van der Waals surface area (Å²) in [6.45, 7) is 2.03. The van der Waals surface area contributed by atoms with Gasteiger partial charge < -0.3 is 14.5 Å². The molecule has 1 saturated heterocycles. The first kappa shape index (κ1) is 9.17. The van der Waals surface area contributed by atoms with Crippen LogP contribution in [0.3, 0.4) is 0 Å². The molecule has 1 aliphatic heterocycles. The van der Waals surface area contributed by atoms with Crippen molar-refractivity contribution in [1.29, 1.82) is 0 Å². The summed E-state index contributed by atoms with van der Waals surface area (Å²) >= 11 is 0. The van der Waals surface area contributed by atoms with Crippen molar-refractivity contribution in [1.82, 2.24) is 5.32 Å². The van der Waals surface area contributed by atoms with Crippen LogP contribution in [-0.2, 0) is 4.74 Å². The molecule has 1 N–H and O–H groups in total. The minimum Gasteiger partial charge on any atom is -0.403 e. The van der Waals surface area contributed by atoms with Crippen LogP contribution in [0.25, 0.3) is 0 Å². The van der Waals surface area contributed by atoms with Crippen LogP contribution in [0.1, 0.15) is 11.9 Å². The SMILES string of the molecule is O=[N+]([O-])c1ccc(C2CNCCO2)o1. The highest BCUT2D eigenvalue weighted by atomic mass is 16.6. The van der Waals surface area contributed by atoms with Crippen molar-refractivity contribution in [3.8, 4) is 0 Å². The Morgan fingerprint density at radius 3 is 3.00 bits per heavy atom. The number of hydrogen-bond donors (Lipinski definition) is 1. The van der Waals surface area contributed by atoms with Gasteiger partial charge >= 0.3 is 5.88 Å². The molecule has 0 bridgehead atoms. The smallest absolute Gasteiger partial charge is 0.403 e. The van der Waals surface area contributed by atoms with Gasteiger partial charge in [0.25, 0.3) is 0 Å². The predicted molar refractivity (Wildman–Crippen MR) is 46.9 cm³/mol. The summed E-state index contributed by atoms with van der Waals surface area (Å²) in [5, 5.41) is 13.5. The maximum Gasteiger partial charge on any atom is 0.433 e. The molecular weight excluding hydrogens is 188 g/mol. The molecule has 0 saturated carbocycles. The van der Waals surface area contributed by atoms with Gasteiger partial charge in [0.15, 0.2) is 0 Å². The minimum atomic E-state index is -0.556. The second-order valence-electron chi connectivity index (χ2n) is 3.00. The highest BCUT2D eigenvalue weighted by Crippen LogP contribution is 2.24. The molecular formula is C8H10N2O4. The van der Waals surface area contributed by atoms with Crippen molar-refractivity contribution in [3.05, 3.63) is 28.0 Å². The maximum atomic E-state index is 10.4. The van der Waals surface area contributed by atoms with Crippen LogP contribution in [0.15, 0.2) is 16.5 Å². The molecule has 76 valence electrons. The van der Waals surface area contributed by atoms with E-state index >= 15 is 0 Å². The lowest BCUT2D eigenvalue weighted by molar-refractivity contribution is -0.402. The van der Waals surface area contributed by atoms with E-state index in [1.807, 2.05) is 0 Å². The normalized spacial score (nSPS) is 22.1. The summed E-state index contributed by atoms with van der Waals surface area (Å²) in [6, 6.07) is 2.92. The summed E-state index contributed by atoms with van der Waals surface area (Å²) in [5.41, 5.74) is 0. The molecule has 1 aromatic heterocycles. The minimum absolute atomic E-state index is 0.211. The average Bonchev–Trinajstić information content (AvgIpc) is 2.68. The number of nitrogens with zero attached hydrogens (tertiary/aromatic N) is 1. The van der Waals surface area contributed by atoms with Crippen LogP contribution in [-0.4, -0.2) is 24.6 Å². The Hall–Kier alpha value is -1.40. The monoisotopic (exact) mass is 198 g/mol. The Bertz CT molecular complexity index is 330. The van der Waals surface area contributed by atoms with Crippen LogP contribution in [0.2, 0.25) is 0 Å². The molecule has 2 rings (SSSR count). The molecule has 1 fully saturated rings. The van der Waals surface area contributed by atoms with Gasteiger partial charge in [-0.05, 0) is 6.07 Å². The van der Waals surface area contributed by atoms with Gasteiger partial charge in [0, 0.05) is 13.1 Å². The van der Waals surface area contributed by atoms with Gasteiger partial charge in [-0.3, -0.25) is 10.1 Å². The Morgan fingerprint density at radius 1 is 1.57 bits per heavy atom. The Labute approximate surface area is 80.0 Å². The van der Waals surface area contributed by atoms with Gasteiger partial charge in [-0.15, -0.1) is 0 Å². The van der Waals surface area contributed by atoms with Gasteiger partial charge in [-0.2, -0.15) is 0 Å². The molecule has 1 atom stereocenters. The van der Waals surface area contributed by atoms with Gasteiger partial charge in [-0.1, -0.05) is 0 Å². The Kier molecular flexibility index (Phi) is 2.47. The van der Waals surface area contributed by atoms with E-state index in [2.05, 4.69) is 5.32 Å². The zero-order valence-corrected chi connectivity index (χ0v) is 7.43. The van der Waals surface area contributed by atoms with E-state index in [1.54, 1.807) is 6.07 Å². The van der Waals surface area contributed by atoms with E-state index < -0.39 is 4.92 Å². The topological polar surface area (TPSA) is 77.5 Å². The zero-order chi connectivity index (χ0) is 9.97. The number of hydrogen-bond acceptors (Lipinski definition) is 5. The Balaban J connectivity index is 2.11. The highest BCUT2D eigenvalue weighted by molar-refractivity contribution is 5.19. The standard InChI is InChI=1S/C8H10N2O4/c11-10(12)8-2-1-6(14-8)7-5-9-3-4-13-7/h1-2,7,9H,3-5H2. The number of morpholine rings is 1. The lowest BCUT2D eigenvalue weighted by Crippen LogP contribution is -2.33. The number of rotatable bonds is 2. The first-order valence-corrected chi connectivity index (χ1v) is 4.34. The summed E-state index contributed by atoms with van der Waals surface area (Å²) in [7, 11) is 0. The third-order valence-electron chi connectivity index (χ3n) is 2.04. The fourth-order valence-electron chi connectivity index (χ4n) is 1.36. The quantitative estimate of drug-likeness (QED) is 0.563. The van der Waals surface area contributed by atoms with Crippen LogP contribution in [0.5, 0.6) is 0 Å². The van der Waals surface area contributed by atoms with Gasteiger partial charge in [0.2, 0.25) is 0 Å². The maximum absolute atomic E-state index is 10.4. The molecule has 6 nitrogen and oxygen atoms in total. The molecule has 0 spiro atoms. The summed E-state index contributed by atoms with van der Waals surface area (Å²) in [6.07, 6.45) is -0.211. The van der Waals surface area contributed by atoms with Crippen molar-refractivity contribution >= 4 is 5.88 Å². The number of nitrogens with one attached hydrogen (secondary N) is 1. The zero-order valence-electron chi connectivity index (χ0n) is 7.43. The second-order valence-corrected chi connectivity index (χ2v) is 3.00. The fourth-order valence-corrected chi connectivity index (χ4v) is 1.36. The fraction of sp³-hybridized carbons (Fsp3) is 0.500. The van der Waals surface area contributed by atoms with E-state index in [4.69, 9.17) is 9.15 Å². The third kappa shape index (κ3) is 1.75. The van der Waals surface area contributed by atoms with E-state index in [9.17, 15) is 10.1 Å². The van der Waals surface area contributed by atoms with E-state index in [-0.39, 0.29) is 12.0 Å². The summed E-state index contributed by atoms with van der Waals surface area (Å²) < 4.78 is 10.4. The molecule has 0 radical (unpaired) electrons. The van der Waals surface area contributed by atoms with Gasteiger partial charge in [0.05, 0.1) is 12.7 Å². The van der Waals surface area contributed by atoms with E-state index in [0.717, 1.165) is 6.54 Å². The molecule has 14 heavy (non-hydrogen) atoms. The van der Waals surface area contributed by atoms with Crippen molar-refractivity contribution in [2.75, 3.05) is 19.7 Å². The largest absolute Gasteiger partial charge is 0.433 e. The second kappa shape index (κ2) is 3.77. The molecule has 6 heteroatoms. The number of furan rings is 1. The molecule has 1 unspecified atom stereocenters. The third-order valence-corrected chi connectivity index (χ3v) is 2.04. The predicted octanol–water partition coefficient (Wildman–Crippen LogP) is 0.849.